The van der Waals surface area contributed by atoms with E-state index in [2.05, 4.69) is 4.98 Å². The molecule has 7 heteroatoms. The van der Waals surface area contributed by atoms with Gasteiger partial charge in [0.1, 0.15) is 11.6 Å². The molecule has 0 unspecified atom stereocenters. The summed E-state index contributed by atoms with van der Waals surface area (Å²) >= 11 is 0. The van der Waals surface area contributed by atoms with Crippen LogP contribution in [0.3, 0.4) is 0 Å². The molecule has 3 heterocycles. The maximum Gasteiger partial charge on any atom is 0.295 e. The van der Waals surface area contributed by atoms with E-state index in [0.717, 1.165) is 12.8 Å². The van der Waals surface area contributed by atoms with E-state index in [1.807, 2.05) is 0 Å². The Bertz CT molecular complexity index is 921. The maximum absolute atomic E-state index is 13.2. The average molecular weight is 382 g/mol. The van der Waals surface area contributed by atoms with Crippen LogP contribution in [-0.2, 0) is 14.3 Å². The number of hydrogen-bond donors (Lipinski definition) is 1. The molecular weight excluding hydrogens is 363 g/mol. The maximum atomic E-state index is 13.2. The minimum absolute atomic E-state index is 0.0254. The summed E-state index contributed by atoms with van der Waals surface area (Å²) in [6.45, 7) is 0.881. The zero-order chi connectivity index (χ0) is 19.7. The molecule has 2 aliphatic heterocycles. The van der Waals surface area contributed by atoms with Gasteiger partial charge in [0.15, 0.2) is 0 Å². The van der Waals surface area contributed by atoms with E-state index >= 15 is 0 Å². The van der Waals surface area contributed by atoms with Gasteiger partial charge in [0.05, 0.1) is 17.7 Å². The summed E-state index contributed by atoms with van der Waals surface area (Å²) in [6.07, 6.45) is 4.72. The molecule has 1 amide bonds. The van der Waals surface area contributed by atoms with Gasteiger partial charge < -0.3 is 14.7 Å². The van der Waals surface area contributed by atoms with Crippen molar-refractivity contribution in [2.45, 2.75) is 25.0 Å². The van der Waals surface area contributed by atoms with Crippen molar-refractivity contribution in [3.05, 3.63) is 71.3 Å². The predicted octanol–water partition coefficient (Wildman–Crippen LogP) is 2.82. The number of amides is 1. The smallest absolute Gasteiger partial charge is 0.295 e. The first-order valence-electron chi connectivity index (χ1n) is 9.12. The number of ketones is 1. The van der Waals surface area contributed by atoms with Crippen molar-refractivity contribution < 1.29 is 23.8 Å². The zero-order valence-corrected chi connectivity index (χ0v) is 15.0. The van der Waals surface area contributed by atoms with Crippen molar-refractivity contribution in [1.29, 1.82) is 0 Å². The molecular formula is C21H19FN2O4. The van der Waals surface area contributed by atoms with Gasteiger partial charge in [-0.25, -0.2) is 4.39 Å². The second-order valence-corrected chi connectivity index (χ2v) is 6.88. The number of ether oxygens (including phenoxy) is 1. The zero-order valence-electron chi connectivity index (χ0n) is 15.0. The Morgan fingerprint density at radius 2 is 2.04 bits per heavy atom. The molecule has 2 aliphatic rings. The first-order chi connectivity index (χ1) is 13.6. The largest absolute Gasteiger partial charge is 0.507 e. The Balaban J connectivity index is 1.80. The number of likely N-dealkylation sites (tertiary alicyclic amines) is 1. The third kappa shape index (κ3) is 3.29. The van der Waals surface area contributed by atoms with Crippen LogP contribution in [0.5, 0.6) is 0 Å². The predicted molar refractivity (Wildman–Crippen MR) is 98.6 cm³/mol. The highest BCUT2D eigenvalue weighted by Crippen LogP contribution is 2.39. The van der Waals surface area contributed by atoms with Gasteiger partial charge in [-0.15, -0.1) is 0 Å². The molecule has 1 aromatic carbocycles. The number of pyridine rings is 1. The van der Waals surface area contributed by atoms with Crippen molar-refractivity contribution in [2.24, 2.45) is 0 Å². The number of benzene rings is 1. The Hall–Kier alpha value is -3.06. The summed E-state index contributed by atoms with van der Waals surface area (Å²) in [6, 6.07) is 7.82. The summed E-state index contributed by atoms with van der Waals surface area (Å²) in [5, 5.41) is 10.8. The van der Waals surface area contributed by atoms with E-state index < -0.39 is 23.5 Å². The van der Waals surface area contributed by atoms with Crippen LogP contribution < -0.4 is 0 Å². The number of carbonyl (C=O) groups excluding carboxylic acids is 2. The number of Topliss-reactive ketones (excluding diaryl/α,β-unsaturated/α-hetero) is 1. The lowest BCUT2D eigenvalue weighted by Crippen LogP contribution is -2.36. The van der Waals surface area contributed by atoms with Crippen molar-refractivity contribution in [2.75, 3.05) is 13.2 Å². The molecule has 2 aromatic rings. The Morgan fingerprint density at radius 3 is 2.68 bits per heavy atom. The third-order valence-electron chi connectivity index (χ3n) is 5.08. The third-order valence-corrected chi connectivity index (χ3v) is 5.08. The van der Waals surface area contributed by atoms with E-state index in [9.17, 15) is 19.1 Å². The second-order valence-electron chi connectivity index (χ2n) is 6.88. The number of hydrogen-bond acceptors (Lipinski definition) is 5. The van der Waals surface area contributed by atoms with Gasteiger partial charge in [0.2, 0.25) is 0 Å². The molecule has 28 heavy (non-hydrogen) atoms. The van der Waals surface area contributed by atoms with Crippen LogP contribution in [-0.4, -0.2) is 45.9 Å². The van der Waals surface area contributed by atoms with Gasteiger partial charge in [-0.2, -0.15) is 0 Å². The molecule has 0 bridgehead atoms. The number of aliphatic hydroxyl groups is 1. The van der Waals surface area contributed by atoms with E-state index in [4.69, 9.17) is 4.74 Å². The van der Waals surface area contributed by atoms with Crippen LogP contribution in [0.25, 0.3) is 5.76 Å². The monoisotopic (exact) mass is 382 g/mol. The number of aliphatic hydroxyl groups excluding tert-OH is 1. The molecule has 0 saturated carbocycles. The first-order valence-corrected chi connectivity index (χ1v) is 9.12. The van der Waals surface area contributed by atoms with Gasteiger partial charge in [-0.3, -0.25) is 14.6 Å². The molecule has 0 radical (unpaired) electrons. The molecule has 2 atom stereocenters. The summed E-state index contributed by atoms with van der Waals surface area (Å²) in [7, 11) is 0. The van der Waals surface area contributed by atoms with Crippen LogP contribution in [0.2, 0.25) is 0 Å². The fourth-order valence-corrected chi connectivity index (χ4v) is 3.72. The van der Waals surface area contributed by atoms with E-state index in [1.54, 1.807) is 24.5 Å². The molecule has 6 nitrogen and oxygen atoms in total. The SMILES string of the molecule is O=C1C(=O)N(C[C@@H]2CCCO2)[C@H](c2cccnc2)C1=C(O)c1ccc(F)cc1. The lowest BCUT2D eigenvalue weighted by atomic mass is 9.96. The Kier molecular flexibility index (Phi) is 4.92. The lowest BCUT2D eigenvalue weighted by Gasteiger charge is -2.27. The highest BCUT2D eigenvalue weighted by molar-refractivity contribution is 6.46. The topological polar surface area (TPSA) is 79.7 Å². The van der Waals surface area contributed by atoms with Crippen molar-refractivity contribution in [3.63, 3.8) is 0 Å². The number of rotatable bonds is 4. The van der Waals surface area contributed by atoms with Gasteiger partial charge in [-0.1, -0.05) is 6.07 Å². The van der Waals surface area contributed by atoms with Crippen LogP contribution >= 0.6 is 0 Å². The normalized spacial score (nSPS) is 24.1. The number of aromatic nitrogens is 1. The fourth-order valence-electron chi connectivity index (χ4n) is 3.72. The van der Waals surface area contributed by atoms with E-state index in [0.29, 0.717) is 12.2 Å². The standard InChI is InChI=1S/C21H19FN2O4/c22-15-7-5-13(6-8-15)19(25)17-18(14-3-1-9-23-11-14)24(21(27)20(17)26)12-16-4-2-10-28-16/h1,3,5-9,11,16,18,25H,2,4,10,12H2/t16-,18+/m0/s1. The Labute approximate surface area is 161 Å². The first kappa shape index (κ1) is 18.3. The lowest BCUT2D eigenvalue weighted by molar-refractivity contribution is -0.140. The highest BCUT2D eigenvalue weighted by atomic mass is 19.1. The number of nitrogens with zero attached hydrogens (tertiary/aromatic N) is 2. The molecule has 0 aliphatic carbocycles. The summed E-state index contributed by atoms with van der Waals surface area (Å²) in [5.41, 5.74) is 0.858. The van der Waals surface area contributed by atoms with Crippen LogP contribution in [0.15, 0.2) is 54.4 Å². The summed E-state index contributed by atoms with van der Waals surface area (Å²) in [5.74, 6) is -2.25. The average Bonchev–Trinajstić information content (AvgIpc) is 3.31. The van der Waals surface area contributed by atoms with Crippen LogP contribution in [0.4, 0.5) is 4.39 Å². The van der Waals surface area contributed by atoms with Crippen molar-refractivity contribution in [1.82, 2.24) is 9.88 Å². The van der Waals surface area contributed by atoms with Gasteiger partial charge in [-0.05, 0) is 48.7 Å². The van der Waals surface area contributed by atoms with Crippen molar-refractivity contribution >= 4 is 17.4 Å². The molecule has 4 rings (SSSR count). The number of carbonyl (C=O) groups is 2. The van der Waals surface area contributed by atoms with Crippen LogP contribution in [0, 0.1) is 5.82 Å². The second kappa shape index (κ2) is 7.52. The van der Waals surface area contributed by atoms with E-state index in [-0.39, 0.29) is 29.5 Å². The molecule has 2 fully saturated rings. The Morgan fingerprint density at radius 1 is 1.25 bits per heavy atom. The van der Waals surface area contributed by atoms with Gasteiger partial charge in [0.25, 0.3) is 11.7 Å². The molecule has 1 aromatic heterocycles. The summed E-state index contributed by atoms with van der Waals surface area (Å²) in [4.78, 5) is 31.1. The van der Waals surface area contributed by atoms with E-state index in [1.165, 1.54) is 29.2 Å². The minimum Gasteiger partial charge on any atom is -0.507 e. The molecule has 144 valence electrons. The molecule has 1 N–H and O–H groups in total. The molecule has 0 spiro atoms. The molecule has 2 saturated heterocycles. The van der Waals surface area contributed by atoms with Gasteiger partial charge in [0, 0.05) is 31.1 Å². The van der Waals surface area contributed by atoms with Crippen LogP contribution in [0.1, 0.15) is 30.0 Å². The fraction of sp³-hybridized carbons (Fsp3) is 0.286. The quantitative estimate of drug-likeness (QED) is 0.500. The minimum atomic E-state index is -0.775. The van der Waals surface area contributed by atoms with Gasteiger partial charge >= 0.3 is 0 Å². The van der Waals surface area contributed by atoms with Crippen molar-refractivity contribution in [3.8, 4) is 0 Å². The highest BCUT2D eigenvalue weighted by Gasteiger charge is 2.47. The number of halogens is 1. The summed E-state index contributed by atoms with van der Waals surface area (Å²) < 4.78 is 18.9.